The Kier molecular flexibility index (Phi) is 4.92. The summed E-state index contributed by atoms with van der Waals surface area (Å²) >= 11 is 0. The maximum absolute atomic E-state index is 12.2. The maximum Gasteiger partial charge on any atom is 0.223 e. The molecule has 3 nitrogen and oxygen atoms in total. The van der Waals surface area contributed by atoms with Gasteiger partial charge in [0.15, 0.2) is 0 Å². The number of rotatable bonds is 6. The number of hydrogen-bond acceptors (Lipinski definition) is 2. The minimum absolute atomic E-state index is 0. The van der Waals surface area contributed by atoms with Gasteiger partial charge in [-0.1, -0.05) is 12.1 Å². The third-order valence-electron chi connectivity index (χ3n) is 4.26. The van der Waals surface area contributed by atoms with Gasteiger partial charge >= 0.3 is 0 Å². The Morgan fingerprint density at radius 1 is 1.15 bits per heavy atom. The molecular weight excluding hydrogens is 272 g/mol. The Morgan fingerprint density at radius 3 is 2.20 bits per heavy atom. The molecule has 4 heteroatoms. The fourth-order valence-corrected chi connectivity index (χ4v) is 2.86. The zero-order valence-electron chi connectivity index (χ0n) is 11.7. The molecule has 20 heavy (non-hydrogen) atoms. The Labute approximate surface area is 126 Å². The van der Waals surface area contributed by atoms with Gasteiger partial charge in [-0.3, -0.25) is 4.79 Å². The lowest BCUT2D eigenvalue weighted by atomic mass is 9.97. The number of halogens is 1. The van der Waals surface area contributed by atoms with Crippen molar-refractivity contribution in [1.29, 1.82) is 0 Å². The van der Waals surface area contributed by atoms with E-state index in [2.05, 4.69) is 5.32 Å². The summed E-state index contributed by atoms with van der Waals surface area (Å²) < 4.78 is 0. The van der Waals surface area contributed by atoms with Crippen molar-refractivity contribution in [1.82, 2.24) is 5.32 Å². The van der Waals surface area contributed by atoms with Gasteiger partial charge in [0.1, 0.15) is 0 Å². The lowest BCUT2D eigenvalue weighted by molar-refractivity contribution is -0.126. The topological polar surface area (TPSA) is 55.1 Å². The number of nitrogen functional groups attached to an aromatic ring is 1. The van der Waals surface area contributed by atoms with Gasteiger partial charge < -0.3 is 11.1 Å². The summed E-state index contributed by atoms with van der Waals surface area (Å²) in [7, 11) is 0. The van der Waals surface area contributed by atoms with Crippen LogP contribution in [-0.4, -0.2) is 12.5 Å². The predicted octanol–water partition coefficient (Wildman–Crippen LogP) is 2.79. The van der Waals surface area contributed by atoms with Crippen molar-refractivity contribution in [3.8, 4) is 0 Å². The van der Waals surface area contributed by atoms with Crippen LogP contribution in [-0.2, 0) is 11.2 Å². The number of nitrogens with two attached hydrogens (primary N) is 1. The Morgan fingerprint density at radius 2 is 1.70 bits per heavy atom. The molecule has 0 spiro atoms. The molecule has 0 unspecified atom stereocenters. The van der Waals surface area contributed by atoms with E-state index in [0.717, 1.165) is 18.7 Å². The van der Waals surface area contributed by atoms with Crippen molar-refractivity contribution < 1.29 is 4.79 Å². The highest BCUT2D eigenvalue weighted by atomic mass is 35.5. The monoisotopic (exact) mass is 294 g/mol. The van der Waals surface area contributed by atoms with Crippen LogP contribution in [0.2, 0.25) is 0 Å². The van der Waals surface area contributed by atoms with Crippen LogP contribution in [0.15, 0.2) is 24.3 Å². The van der Waals surface area contributed by atoms with Gasteiger partial charge in [-0.15, -0.1) is 12.4 Å². The van der Waals surface area contributed by atoms with E-state index in [-0.39, 0.29) is 12.4 Å². The van der Waals surface area contributed by atoms with Gasteiger partial charge in [0.2, 0.25) is 5.91 Å². The Hall–Kier alpha value is -1.22. The fraction of sp³-hybridized carbons (Fsp3) is 0.562. The smallest absolute Gasteiger partial charge is 0.223 e. The SMILES string of the molecule is Cl.Nc1ccc(CCNC(=O)C(C2CC2)C2CC2)cc1. The van der Waals surface area contributed by atoms with Crippen molar-refractivity contribution >= 4 is 24.0 Å². The number of amides is 1. The van der Waals surface area contributed by atoms with Gasteiger partial charge in [0.05, 0.1) is 0 Å². The summed E-state index contributed by atoms with van der Waals surface area (Å²) in [6, 6.07) is 7.88. The van der Waals surface area contributed by atoms with Crippen LogP contribution in [0.25, 0.3) is 0 Å². The van der Waals surface area contributed by atoms with Gasteiger partial charge in [-0.05, 0) is 61.6 Å². The van der Waals surface area contributed by atoms with Crippen molar-refractivity contribution in [3.63, 3.8) is 0 Å². The summed E-state index contributed by atoms with van der Waals surface area (Å²) in [5.41, 5.74) is 7.67. The number of anilines is 1. The lowest BCUT2D eigenvalue weighted by Crippen LogP contribution is -2.34. The van der Waals surface area contributed by atoms with Crippen LogP contribution in [0.1, 0.15) is 31.2 Å². The summed E-state index contributed by atoms with van der Waals surface area (Å²) in [6.07, 6.45) is 5.91. The molecule has 2 aliphatic rings. The number of nitrogens with one attached hydrogen (secondary N) is 1. The molecule has 3 N–H and O–H groups in total. The molecule has 2 saturated carbocycles. The molecule has 0 bridgehead atoms. The van der Waals surface area contributed by atoms with E-state index in [0.29, 0.717) is 23.7 Å². The van der Waals surface area contributed by atoms with Crippen molar-refractivity contribution in [3.05, 3.63) is 29.8 Å². The van der Waals surface area contributed by atoms with E-state index in [9.17, 15) is 4.79 Å². The van der Waals surface area contributed by atoms with Gasteiger partial charge in [-0.25, -0.2) is 0 Å². The average Bonchev–Trinajstić information content (AvgIpc) is 3.25. The number of carbonyl (C=O) groups is 1. The lowest BCUT2D eigenvalue weighted by Gasteiger charge is -2.15. The summed E-state index contributed by atoms with van der Waals surface area (Å²) in [6.45, 7) is 0.735. The minimum atomic E-state index is 0. The predicted molar refractivity (Wildman–Crippen MR) is 83.8 cm³/mol. The van der Waals surface area contributed by atoms with Gasteiger partial charge in [0, 0.05) is 18.2 Å². The standard InChI is InChI=1S/C16H22N2O.ClH/c17-14-7-1-11(2-8-14)9-10-18-16(19)15(12-3-4-12)13-5-6-13;/h1-2,7-8,12-13,15H,3-6,9-10,17H2,(H,18,19);1H. The highest BCUT2D eigenvalue weighted by Crippen LogP contribution is 2.49. The maximum atomic E-state index is 12.2. The molecule has 0 atom stereocenters. The van der Waals surface area contributed by atoms with Crippen molar-refractivity contribution in [2.24, 2.45) is 17.8 Å². The second-order valence-corrected chi connectivity index (χ2v) is 5.98. The van der Waals surface area contributed by atoms with Gasteiger partial charge in [0.25, 0.3) is 0 Å². The number of carbonyl (C=O) groups excluding carboxylic acids is 1. The van der Waals surface area contributed by atoms with E-state index in [1.54, 1.807) is 0 Å². The fourth-order valence-electron chi connectivity index (χ4n) is 2.86. The van der Waals surface area contributed by atoms with Gasteiger partial charge in [-0.2, -0.15) is 0 Å². The molecule has 1 aromatic carbocycles. The Bertz CT molecular complexity index is 440. The molecule has 1 aromatic rings. The summed E-state index contributed by atoms with van der Waals surface area (Å²) in [5, 5.41) is 3.12. The molecule has 0 aromatic heterocycles. The molecular formula is C16H23ClN2O. The normalized spacial score (nSPS) is 17.6. The first kappa shape index (κ1) is 15.2. The minimum Gasteiger partial charge on any atom is -0.399 e. The first-order valence-corrected chi connectivity index (χ1v) is 7.36. The number of hydrogen-bond donors (Lipinski definition) is 2. The van der Waals surface area contributed by atoms with E-state index >= 15 is 0 Å². The third kappa shape index (κ3) is 3.89. The zero-order valence-corrected chi connectivity index (χ0v) is 12.5. The quantitative estimate of drug-likeness (QED) is 0.793. The van der Waals surface area contributed by atoms with Crippen LogP contribution in [0, 0.1) is 17.8 Å². The zero-order chi connectivity index (χ0) is 13.2. The summed E-state index contributed by atoms with van der Waals surface area (Å²) in [5.74, 6) is 1.97. The largest absolute Gasteiger partial charge is 0.399 e. The molecule has 0 saturated heterocycles. The van der Waals surface area contributed by atoms with Crippen molar-refractivity contribution in [2.45, 2.75) is 32.1 Å². The summed E-state index contributed by atoms with van der Waals surface area (Å²) in [4.78, 5) is 12.2. The van der Waals surface area contributed by atoms with E-state index in [1.807, 2.05) is 24.3 Å². The van der Waals surface area contributed by atoms with E-state index in [4.69, 9.17) is 5.73 Å². The van der Waals surface area contributed by atoms with Crippen LogP contribution >= 0.6 is 12.4 Å². The molecule has 0 heterocycles. The first-order chi connectivity index (χ1) is 9.24. The molecule has 2 aliphatic carbocycles. The molecule has 1 amide bonds. The van der Waals surface area contributed by atoms with Crippen LogP contribution in [0.5, 0.6) is 0 Å². The number of benzene rings is 1. The van der Waals surface area contributed by atoms with E-state index in [1.165, 1.54) is 31.2 Å². The molecule has 3 rings (SSSR count). The average molecular weight is 295 g/mol. The second-order valence-electron chi connectivity index (χ2n) is 5.98. The highest BCUT2D eigenvalue weighted by molar-refractivity contribution is 5.85. The molecule has 2 fully saturated rings. The first-order valence-electron chi connectivity index (χ1n) is 7.36. The molecule has 0 radical (unpaired) electrons. The molecule has 0 aliphatic heterocycles. The third-order valence-corrected chi connectivity index (χ3v) is 4.26. The van der Waals surface area contributed by atoms with Crippen LogP contribution in [0.3, 0.4) is 0 Å². The van der Waals surface area contributed by atoms with Crippen LogP contribution in [0.4, 0.5) is 5.69 Å². The van der Waals surface area contributed by atoms with Crippen LogP contribution < -0.4 is 11.1 Å². The second kappa shape index (κ2) is 6.49. The molecule has 110 valence electrons. The van der Waals surface area contributed by atoms with Crippen molar-refractivity contribution in [2.75, 3.05) is 12.3 Å². The van der Waals surface area contributed by atoms with E-state index < -0.39 is 0 Å². The Balaban J connectivity index is 0.00000147. The highest BCUT2D eigenvalue weighted by Gasteiger charge is 2.45.